The number of benzene rings is 3. The Morgan fingerprint density at radius 1 is 0.872 bits per heavy atom. The van der Waals surface area contributed by atoms with Gasteiger partial charge in [0.2, 0.25) is 0 Å². The summed E-state index contributed by atoms with van der Waals surface area (Å²) in [6, 6.07) is 13.5. The summed E-state index contributed by atoms with van der Waals surface area (Å²) in [6.07, 6.45) is -2.53. The van der Waals surface area contributed by atoms with Gasteiger partial charge < -0.3 is 20.1 Å². The largest absolute Gasteiger partial charge is 0.493 e. The van der Waals surface area contributed by atoms with E-state index >= 15 is 0 Å². The van der Waals surface area contributed by atoms with E-state index in [2.05, 4.69) is 15.6 Å². The van der Waals surface area contributed by atoms with Crippen LogP contribution in [0.25, 0.3) is 10.9 Å². The second-order valence-corrected chi connectivity index (χ2v) is 8.73. The number of carbonyl (C=O) groups excluding carboxylic acids is 2. The predicted molar refractivity (Wildman–Crippen MR) is 143 cm³/mol. The summed E-state index contributed by atoms with van der Waals surface area (Å²) in [7, 11) is 3.05. The van der Waals surface area contributed by atoms with Gasteiger partial charge in [-0.1, -0.05) is 19.1 Å². The molecule has 2 N–H and O–H groups in total. The first-order valence-electron chi connectivity index (χ1n) is 12.0. The number of hydrogen-bond donors (Lipinski definition) is 2. The summed E-state index contributed by atoms with van der Waals surface area (Å²) in [6.45, 7) is 3.13. The standard InChI is InChI=1S/C29H26F3N3O4/c1-5-17-9-10-19(34-27(36)21-7-6-8-23(16(21)2)29(30,31)32)13-22(17)28(37)35-20-11-18-12-25(38-3)26(39-4)14-24(18)33-15-20/h6-15H,5H2,1-4H3,(H,34,36)(H,35,37). The predicted octanol–water partition coefficient (Wildman–Crippen LogP) is 6.65. The van der Waals surface area contributed by atoms with Gasteiger partial charge in [-0.2, -0.15) is 13.2 Å². The first-order chi connectivity index (χ1) is 18.5. The van der Waals surface area contributed by atoms with Crippen LogP contribution in [0.1, 0.15) is 44.3 Å². The van der Waals surface area contributed by atoms with Crippen LogP contribution in [0.2, 0.25) is 0 Å². The zero-order valence-corrected chi connectivity index (χ0v) is 21.7. The molecule has 0 unspecified atom stereocenters. The molecule has 202 valence electrons. The maximum absolute atomic E-state index is 13.3. The number of aryl methyl sites for hydroxylation is 1. The lowest BCUT2D eigenvalue weighted by molar-refractivity contribution is -0.138. The molecular weight excluding hydrogens is 511 g/mol. The lowest BCUT2D eigenvalue weighted by Gasteiger charge is -2.15. The quantitative estimate of drug-likeness (QED) is 0.276. The highest BCUT2D eigenvalue weighted by molar-refractivity contribution is 6.09. The molecule has 0 fully saturated rings. The van der Waals surface area contributed by atoms with Crippen LogP contribution >= 0.6 is 0 Å². The number of anilines is 2. The number of halogens is 3. The number of hydrogen-bond acceptors (Lipinski definition) is 5. The molecule has 39 heavy (non-hydrogen) atoms. The minimum Gasteiger partial charge on any atom is -0.493 e. The topological polar surface area (TPSA) is 89.6 Å². The highest BCUT2D eigenvalue weighted by Crippen LogP contribution is 2.34. The third-order valence-corrected chi connectivity index (χ3v) is 6.32. The van der Waals surface area contributed by atoms with Crippen LogP contribution < -0.4 is 20.1 Å². The average molecular weight is 538 g/mol. The first kappa shape index (κ1) is 27.4. The summed E-state index contributed by atoms with van der Waals surface area (Å²) >= 11 is 0. The number of rotatable bonds is 7. The molecule has 1 heterocycles. The number of ether oxygens (including phenoxy) is 2. The van der Waals surface area contributed by atoms with Crippen LogP contribution in [0.4, 0.5) is 24.5 Å². The van der Waals surface area contributed by atoms with Gasteiger partial charge in [0.15, 0.2) is 11.5 Å². The van der Waals surface area contributed by atoms with E-state index in [9.17, 15) is 22.8 Å². The van der Waals surface area contributed by atoms with Crippen LogP contribution in [-0.2, 0) is 12.6 Å². The van der Waals surface area contributed by atoms with Gasteiger partial charge in [-0.3, -0.25) is 14.6 Å². The third-order valence-electron chi connectivity index (χ3n) is 6.32. The molecule has 0 aliphatic heterocycles. The lowest BCUT2D eigenvalue weighted by Crippen LogP contribution is -2.18. The Labute approximate surface area is 223 Å². The first-order valence-corrected chi connectivity index (χ1v) is 12.0. The maximum atomic E-state index is 13.3. The van der Waals surface area contributed by atoms with Crippen molar-refractivity contribution in [2.45, 2.75) is 26.4 Å². The van der Waals surface area contributed by atoms with E-state index in [-0.39, 0.29) is 16.8 Å². The Balaban J connectivity index is 1.59. The Morgan fingerprint density at radius 2 is 1.54 bits per heavy atom. The van der Waals surface area contributed by atoms with Crippen molar-refractivity contribution in [3.63, 3.8) is 0 Å². The number of amides is 2. The van der Waals surface area contributed by atoms with Gasteiger partial charge >= 0.3 is 6.18 Å². The molecule has 1 aromatic heterocycles. The molecule has 0 bridgehead atoms. The fourth-order valence-electron chi connectivity index (χ4n) is 4.28. The summed E-state index contributed by atoms with van der Waals surface area (Å²) in [5.74, 6) is -0.0961. The molecule has 10 heteroatoms. The number of aromatic nitrogens is 1. The maximum Gasteiger partial charge on any atom is 0.416 e. The molecule has 0 aliphatic rings. The molecule has 0 aliphatic carbocycles. The van der Waals surface area contributed by atoms with Gasteiger partial charge in [-0.15, -0.1) is 0 Å². The van der Waals surface area contributed by atoms with Crippen LogP contribution in [0.15, 0.2) is 60.8 Å². The van der Waals surface area contributed by atoms with Gasteiger partial charge in [0, 0.05) is 28.3 Å². The van der Waals surface area contributed by atoms with Crippen molar-refractivity contribution >= 4 is 34.1 Å². The monoisotopic (exact) mass is 537 g/mol. The molecule has 0 saturated carbocycles. The van der Waals surface area contributed by atoms with E-state index in [0.717, 1.165) is 17.0 Å². The molecule has 3 aromatic carbocycles. The van der Waals surface area contributed by atoms with Crippen molar-refractivity contribution < 1.29 is 32.2 Å². The SMILES string of the molecule is CCc1ccc(NC(=O)c2cccc(C(F)(F)F)c2C)cc1C(=O)Nc1cnc2cc(OC)c(OC)cc2c1. The number of nitrogens with one attached hydrogen (secondary N) is 2. The summed E-state index contributed by atoms with van der Waals surface area (Å²) in [5, 5.41) is 6.16. The Hall–Kier alpha value is -4.60. The second kappa shape index (κ2) is 11.0. The number of pyridine rings is 1. The van der Waals surface area contributed by atoms with Crippen LogP contribution in [0, 0.1) is 6.92 Å². The molecule has 7 nitrogen and oxygen atoms in total. The van der Waals surface area contributed by atoms with Crippen LogP contribution in [0.5, 0.6) is 11.5 Å². The van der Waals surface area contributed by atoms with E-state index in [0.29, 0.717) is 34.7 Å². The van der Waals surface area contributed by atoms with E-state index in [1.165, 1.54) is 45.5 Å². The zero-order valence-electron chi connectivity index (χ0n) is 21.7. The summed E-state index contributed by atoms with van der Waals surface area (Å²) in [5.41, 5.74) is 1.23. The van der Waals surface area contributed by atoms with Crippen LogP contribution in [0.3, 0.4) is 0 Å². The van der Waals surface area contributed by atoms with Crippen molar-refractivity contribution in [3.8, 4) is 11.5 Å². The molecule has 0 radical (unpaired) electrons. The van der Waals surface area contributed by atoms with Gasteiger partial charge in [0.1, 0.15) is 0 Å². The Kier molecular flexibility index (Phi) is 7.75. The molecule has 4 aromatic rings. The molecule has 4 rings (SSSR count). The average Bonchev–Trinajstić information content (AvgIpc) is 2.91. The number of fused-ring (bicyclic) bond motifs is 1. The summed E-state index contributed by atoms with van der Waals surface area (Å²) < 4.78 is 50.5. The highest BCUT2D eigenvalue weighted by Gasteiger charge is 2.33. The zero-order chi connectivity index (χ0) is 28.3. The van der Waals surface area contributed by atoms with Gasteiger partial charge in [0.05, 0.1) is 37.2 Å². The van der Waals surface area contributed by atoms with E-state index in [4.69, 9.17) is 9.47 Å². The number of alkyl halides is 3. The van der Waals surface area contributed by atoms with Crippen molar-refractivity contribution in [1.82, 2.24) is 4.98 Å². The molecule has 2 amide bonds. The Bertz CT molecular complexity index is 1570. The van der Waals surface area contributed by atoms with Gasteiger partial charge in [-0.05, 0) is 60.9 Å². The molecule has 0 spiro atoms. The number of methoxy groups -OCH3 is 2. The smallest absolute Gasteiger partial charge is 0.416 e. The fraction of sp³-hybridized carbons (Fsp3) is 0.207. The minimum atomic E-state index is -4.58. The molecular formula is C29H26F3N3O4. The van der Waals surface area contributed by atoms with Crippen LogP contribution in [-0.4, -0.2) is 31.0 Å². The third kappa shape index (κ3) is 5.79. The minimum absolute atomic E-state index is 0.107. The molecule has 0 saturated heterocycles. The lowest BCUT2D eigenvalue weighted by atomic mass is 10.0. The van der Waals surface area contributed by atoms with Crippen molar-refractivity contribution in [2.24, 2.45) is 0 Å². The van der Waals surface area contributed by atoms with Crippen molar-refractivity contribution in [1.29, 1.82) is 0 Å². The van der Waals surface area contributed by atoms with Gasteiger partial charge in [-0.25, -0.2) is 0 Å². The van der Waals surface area contributed by atoms with E-state index in [1.54, 1.807) is 30.3 Å². The Morgan fingerprint density at radius 3 is 2.21 bits per heavy atom. The van der Waals surface area contributed by atoms with Crippen molar-refractivity contribution in [2.75, 3.05) is 24.9 Å². The molecule has 0 atom stereocenters. The van der Waals surface area contributed by atoms with Crippen molar-refractivity contribution in [3.05, 3.63) is 88.6 Å². The number of nitrogens with zero attached hydrogens (tertiary/aromatic N) is 1. The highest BCUT2D eigenvalue weighted by atomic mass is 19.4. The fourth-order valence-corrected chi connectivity index (χ4v) is 4.28. The number of carbonyl (C=O) groups is 2. The van der Waals surface area contributed by atoms with Gasteiger partial charge in [0.25, 0.3) is 11.8 Å². The van der Waals surface area contributed by atoms with E-state index < -0.39 is 23.6 Å². The summed E-state index contributed by atoms with van der Waals surface area (Å²) in [4.78, 5) is 30.5. The van der Waals surface area contributed by atoms with E-state index in [1.807, 2.05) is 6.92 Å². The normalized spacial score (nSPS) is 11.3. The second-order valence-electron chi connectivity index (χ2n) is 8.73.